The maximum absolute atomic E-state index is 5.87. The van der Waals surface area contributed by atoms with Crippen LogP contribution >= 0.6 is 11.6 Å². The lowest BCUT2D eigenvalue weighted by Gasteiger charge is -1.96. The summed E-state index contributed by atoms with van der Waals surface area (Å²) in [5.74, 6) is 1.44. The summed E-state index contributed by atoms with van der Waals surface area (Å²) in [6.45, 7) is 2.06. The van der Waals surface area contributed by atoms with Crippen LogP contribution in [-0.2, 0) is 0 Å². The summed E-state index contributed by atoms with van der Waals surface area (Å²) in [4.78, 5) is 4.50. The van der Waals surface area contributed by atoms with Gasteiger partial charge in [0, 0.05) is 16.1 Å². The van der Waals surface area contributed by atoms with Crippen molar-refractivity contribution in [2.45, 2.75) is 6.92 Å². The number of hydrogen-bond donors (Lipinski definition) is 1. The van der Waals surface area contributed by atoms with Crippen molar-refractivity contribution < 1.29 is 0 Å². The third kappa shape index (κ3) is 2.51. The van der Waals surface area contributed by atoms with Crippen LogP contribution in [0.1, 0.15) is 5.56 Å². The molecule has 1 aromatic heterocycles. The van der Waals surface area contributed by atoms with Gasteiger partial charge < -0.3 is 0 Å². The molecule has 0 saturated carbocycles. The fourth-order valence-corrected chi connectivity index (χ4v) is 1.96. The van der Waals surface area contributed by atoms with Gasteiger partial charge in [-0.3, -0.25) is 5.10 Å². The molecule has 3 aromatic rings. The molecule has 4 heteroatoms. The standard InChI is InChI=1S/C15H12ClN3/c1-10-2-4-11(5-3-10)14-17-15(19-18-14)12-6-8-13(16)9-7-12/h2-9H,1H3,(H,17,18,19). The third-order valence-corrected chi connectivity index (χ3v) is 3.16. The molecule has 0 unspecified atom stereocenters. The Morgan fingerprint density at radius 1 is 0.895 bits per heavy atom. The predicted octanol–water partition coefficient (Wildman–Crippen LogP) is 4.10. The maximum Gasteiger partial charge on any atom is 0.181 e. The van der Waals surface area contributed by atoms with Gasteiger partial charge in [-0.15, -0.1) is 0 Å². The molecule has 0 amide bonds. The number of benzene rings is 2. The molecule has 0 aliphatic carbocycles. The summed E-state index contributed by atoms with van der Waals surface area (Å²) in [6.07, 6.45) is 0. The molecule has 0 bridgehead atoms. The molecule has 2 aromatic carbocycles. The number of halogens is 1. The van der Waals surface area contributed by atoms with Gasteiger partial charge in [-0.1, -0.05) is 41.4 Å². The zero-order valence-electron chi connectivity index (χ0n) is 10.4. The smallest absolute Gasteiger partial charge is 0.181 e. The predicted molar refractivity (Wildman–Crippen MR) is 77.0 cm³/mol. The van der Waals surface area contributed by atoms with Crippen LogP contribution in [0.5, 0.6) is 0 Å². The van der Waals surface area contributed by atoms with Crippen LogP contribution < -0.4 is 0 Å². The minimum Gasteiger partial charge on any atom is -0.259 e. The molecule has 0 aliphatic rings. The van der Waals surface area contributed by atoms with Crippen molar-refractivity contribution in [1.82, 2.24) is 15.2 Å². The molecule has 0 radical (unpaired) electrons. The number of nitrogens with zero attached hydrogens (tertiary/aromatic N) is 2. The number of aryl methyl sites for hydroxylation is 1. The molecule has 0 saturated heterocycles. The molecule has 0 aliphatic heterocycles. The third-order valence-electron chi connectivity index (χ3n) is 2.91. The van der Waals surface area contributed by atoms with Gasteiger partial charge in [0.25, 0.3) is 0 Å². The highest BCUT2D eigenvalue weighted by molar-refractivity contribution is 6.30. The zero-order valence-corrected chi connectivity index (χ0v) is 11.1. The lowest BCUT2D eigenvalue weighted by molar-refractivity contribution is 1.10. The van der Waals surface area contributed by atoms with E-state index in [2.05, 4.69) is 34.2 Å². The average molecular weight is 270 g/mol. The van der Waals surface area contributed by atoms with E-state index >= 15 is 0 Å². The summed E-state index contributed by atoms with van der Waals surface area (Å²) >= 11 is 5.87. The summed E-state index contributed by atoms with van der Waals surface area (Å²) in [6, 6.07) is 15.6. The molecular weight excluding hydrogens is 258 g/mol. The van der Waals surface area contributed by atoms with Gasteiger partial charge in [0.05, 0.1) is 0 Å². The Kier molecular flexibility index (Phi) is 3.05. The SMILES string of the molecule is Cc1ccc(-c2nc(-c3ccc(Cl)cc3)n[nH]2)cc1. The second kappa shape index (κ2) is 4.86. The van der Waals surface area contributed by atoms with Gasteiger partial charge in [-0.05, 0) is 31.2 Å². The molecule has 0 fully saturated rings. The first-order valence-corrected chi connectivity index (χ1v) is 6.35. The molecule has 0 spiro atoms. The number of nitrogens with one attached hydrogen (secondary N) is 1. The topological polar surface area (TPSA) is 41.6 Å². The normalized spacial score (nSPS) is 10.6. The summed E-state index contributed by atoms with van der Waals surface area (Å²) < 4.78 is 0. The van der Waals surface area contributed by atoms with Crippen LogP contribution in [-0.4, -0.2) is 15.2 Å². The summed E-state index contributed by atoms with van der Waals surface area (Å²) in [5, 5.41) is 7.90. The zero-order chi connectivity index (χ0) is 13.2. The molecule has 1 N–H and O–H groups in total. The first-order chi connectivity index (χ1) is 9.22. The van der Waals surface area contributed by atoms with E-state index in [1.165, 1.54) is 5.56 Å². The Labute approximate surface area is 116 Å². The van der Waals surface area contributed by atoms with Gasteiger partial charge in [0.2, 0.25) is 0 Å². The summed E-state index contributed by atoms with van der Waals surface area (Å²) in [7, 11) is 0. The van der Waals surface area contributed by atoms with Gasteiger partial charge in [-0.25, -0.2) is 4.98 Å². The minimum atomic E-state index is 0.673. The van der Waals surface area contributed by atoms with E-state index in [1.54, 1.807) is 0 Å². The van der Waals surface area contributed by atoms with Crippen molar-refractivity contribution in [1.29, 1.82) is 0 Å². The Bertz CT molecular complexity index is 624. The molecule has 0 atom stereocenters. The quantitative estimate of drug-likeness (QED) is 0.761. The van der Waals surface area contributed by atoms with Gasteiger partial charge in [-0.2, -0.15) is 5.10 Å². The van der Waals surface area contributed by atoms with Crippen molar-refractivity contribution in [3.8, 4) is 22.8 Å². The highest BCUT2D eigenvalue weighted by Gasteiger charge is 2.07. The van der Waals surface area contributed by atoms with E-state index in [0.717, 1.165) is 17.0 Å². The van der Waals surface area contributed by atoms with E-state index in [1.807, 2.05) is 36.4 Å². The number of rotatable bonds is 2. The Balaban J connectivity index is 1.95. The lowest BCUT2D eigenvalue weighted by atomic mass is 10.1. The van der Waals surface area contributed by atoms with Gasteiger partial charge >= 0.3 is 0 Å². The Hall–Kier alpha value is -2.13. The first kappa shape index (κ1) is 11.9. The van der Waals surface area contributed by atoms with Crippen LogP contribution in [0.3, 0.4) is 0 Å². The second-order valence-electron chi connectivity index (χ2n) is 4.38. The maximum atomic E-state index is 5.87. The fraction of sp³-hybridized carbons (Fsp3) is 0.0667. The van der Waals surface area contributed by atoms with E-state index in [0.29, 0.717) is 10.8 Å². The van der Waals surface area contributed by atoms with Crippen LogP contribution in [0.25, 0.3) is 22.8 Å². The Morgan fingerprint density at radius 2 is 1.53 bits per heavy atom. The van der Waals surface area contributed by atoms with Crippen molar-refractivity contribution >= 4 is 11.6 Å². The van der Waals surface area contributed by atoms with Gasteiger partial charge in [0.1, 0.15) is 0 Å². The molecule has 19 heavy (non-hydrogen) atoms. The van der Waals surface area contributed by atoms with Crippen molar-refractivity contribution in [3.63, 3.8) is 0 Å². The fourth-order valence-electron chi connectivity index (χ4n) is 1.83. The molecule has 3 nitrogen and oxygen atoms in total. The van der Waals surface area contributed by atoms with E-state index in [9.17, 15) is 0 Å². The minimum absolute atomic E-state index is 0.673. The lowest BCUT2D eigenvalue weighted by Crippen LogP contribution is -1.81. The molecule has 94 valence electrons. The van der Waals surface area contributed by atoms with E-state index < -0.39 is 0 Å². The second-order valence-corrected chi connectivity index (χ2v) is 4.82. The molecule has 3 rings (SSSR count). The highest BCUT2D eigenvalue weighted by atomic mass is 35.5. The van der Waals surface area contributed by atoms with E-state index in [4.69, 9.17) is 11.6 Å². The van der Waals surface area contributed by atoms with Crippen LogP contribution in [0, 0.1) is 6.92 Å². The molecule has 1 heterocycles. The van der Waals surface area contributed by atoms with Crippen LogP contribution in [0.2, 0.25) is 5.02 Å². The number of aromatic amines is 1. The number of H-pyrrole nitrogens is 1. The first-order valence-electron chi connectivity index (χ1n) is 5.98. The van der Waals surface area contributed by atoms with E-state index in [-0.39, 0.29) is 0 Å². The van der Waals surface area contributed by atoms with Crippen molar-refractivity contribution in [2.24, 2.45) is 0 Å². The monoisotopic (exact) mass is 269 g/mol. The average Bonchev–Trinajstić information content (AvgIpc) is 2.90. The Morgan fingerprint density at radius 3 is 2.21 bits per heavy atom. The van der Waals surface area contributed by atoms with Crippen LogP contribution in [0.4, 0.5) is 0 Å². The largest absolute Gasteiger partial charge is 0.259 e. The van der Waals surface area contributed by atoms with Crippen LogP contribution in [0.15, 0.2) is 48.5 Å². The van der Waals surface area contributed by atoms with Gasteiger partial charge in [0.15, 0.2) is 11.6 Å². The number of hydrogen-bond acceptors (Lipinski definition) is 2. The highest BCUT2D eigenvalue weighted by Crippen LogP contribution is 2.21. The van der Waals surface area contributed by atoms with Crippen molar-refractivity contribution in [3.05, 3.63) is 59.1 Å². The molecular formula is C15H12ClN3. The summed E-state index contributed by atoms with van der Waals surface area (Å²) in [5.41, 5.74) is 3.19. The number of aromatic nitrogens is 3. The van der Waals surface area contributed by atoms with Crippen molar-refractivity contribution in [2.75, 3.05) is 0 Å².